The Morgan fingerprint density at radius 2 is 2.17 bits per heavy atom. The van der Waals surface area contributed by atoms with Crippen LogP contribution >= 0.6 is 15.9 Å². The highest BCUT2D eigenvalue weighted by Gasteiger charge is 2.26. The molecule has 0 spiro atoms. The van der Waals surface area contributed by atoms with Crippen LogP contribution in [-0.2, 0) is 9.84 Å². The Bertz CT molecular complexity index is 556. The summed E-state index contributed by atoms with van der Waals surface area (Å²) < 4.78 is 23.8. The lowest BCUT2D eigenvalue weighted by atomic mass is 10.1. The molecular formula is C12H14BrNO3S. The zero-order chi connectivity index (χ0) is 13.2. The number of benzene rings is 1. The zero-order valence-electron chi connectivity index (χ0n) is 9.73. The molecule has 0 bridgehead atoms. The fraction of sp³-hybridized carbons (Fsp3) is 0.417. The van der Waals surface area contributed by atoms with Crippen LogP contribution in [0.3, 0.4) is 0 Å². The minimum Gasteiger partial charge on any atom is -0.348 e. The molecule has 0 radical (unpaired) electrons. The summed E-state index contributed by atoms with van der Waals surface area (Å²) in [6.45, 7) is 0. The van der Waals surface area contributed by atoms with E-state index in [9.17, 15) is 13.2 Å². The topological polar surface area (TPSA) is 63.2 Å². The van der Waals surface area contributed by atoms with Crippen molar-refractivity contribution in [2.75, 3.05) is 11.5 Å². The first-order valence-corrected chi connectivity index (χ1v) is 8.34. The van der Waals surface area contributed by atoms with Crippen molar-refractivity contribution in [2.45, 2.75) is 18.9 Å². The van der Waals surface area contributed by atoms with Gasteiger partial charge in [-0.15, -0.1) is 0 Å². The highest BCUT2D eigenvalue weighted by Crippen LogP contribution is 2.14. The normalized spacial score (nSPS) is 22.4. The largest absolute Gasteiger partial charge is 0.348 e. The summed E-state index contributed by atoms with van der Waals surface area (Å²) in [5.74, 6) is 0.0570. The van der Waals surface area contributed by atoms with E-state index in [1.165, 1.54) is 0 Å². The first-order chi connectivity index (χ1) is 8.46. The van der Waals surface area contributed by atoms with Crippen molar-refractivity contribution < 1.29 is 13.2 Å². The zero-order valence-corrected chi connectivity index (χ0v) is 12.1. The highest BCUT2D eigenvalue weighted by molar-refractivity contribution is 9.10. The van der Waals surface area contributed by atoms with Crippen LogP contribution in [0.25, 0.3) is 0 Å². The second-order valence-electron chi connectivity index (χ2n) is 4.44. The molecule has 1 aliphatic heterocycles. The van der Waals surface area contributed by atoms with Crippen LogP contribution in [0.5, 0.6) is 0 Å². The maximum atomic E-state index is 11.9. The van der Waals surface area contributed by atoms with Crippen molar-refractivity contribution in [3.05, 3.63) is 34.3 Å². The molecular weight excluding hydrogens is 318 g/mol. The lowest BCUT2D eigenvalue weighted by Crippen LogP contribution is -2.43. The number of amides is 1. The van der Waals surface area contributed by atoms with Crippen LogP contribution in [-0.4, -0.2) is 31.9 Å². The van der Waals surface area contributed by atoms with Gasteiger partial charge in [-0.1, -0.05) is 22.0 Å². The van der Waals surface area contributed by atoms with Gasteiger partial charge in [-0.2, -0.15) is 0 Å². The molecule has 1 amide bonds. The predicted octanol–water partition coefficient (Wildman–Crippen LogP) is 1.76. The van der Waals surface area contributed by atoms with E-state index in [1.54, 1.807) is 18.2 Å². The Balaban J connectivity index is 2.03. The van der Waals surface area contributed by atoms with E-state index in [0.717, 1.165) is 10.9 Å². The summed E-state index contributed by atoms with van der Waals surface area (Å²) in [7, 11) is -2.99. The van der Waals surface area contributed by atoms with E-state index >= 15 is 0 Å². The number of sulfone groups is 1. The quantitative estimate of drug-likeness (QED) is 0.898. The number of hydrogen-bond donors (Lipinski definition) is 1. The molecule has 1 aliphatic rings. The van der Waals surface area contributed by atoms with Crippen molar-refractivity contribution in [1.82, 2.24) is 5.32 Å². The van der Waals surface area contributed by atoms with Crippen LogP contribution in [0.15, 0.2) is 28.7 Å². The van der Waals surface area contributed by atoms with Crippen LogP contribution in [0.2, 0.25) is 0 Å². The predicted molar refractivity (Wildman–Crippen MR) is 73.3 cm³/mol. The van der Waals surface area contributed by atoms with Gasteiger partial charge in [0.25, 0.3) is 5.91 Å². The molecule has 1 saturated heterocycles. The van der Waals surface area contributed by atoms with Gasteiger partial charge >= 0.3 is 0 Å². The average molecular weight is 332 g/mol. The fourth-order valence-electron chi connectivity index (χ4n) is 2.04. The molecule has 1 N–H and O–H groups in total. The number of nitrogens with one attached hydrogen (secondary N) is 1. The minimum atomic E-state index is -2.99. The van der Waals surface area contributed by atoms with Gasteiger partial charge in [0.2, 0.25) is 0 Å². The maximum absolute atomic E-state index is 11.9. The van der Waals surface area contributed by atoms with Gasteiger partial charge in [0, 0.05) is 16.1 Å². The molecule has 1 fully saturated rings. The standard InChI is InChI=1S/C12H14BrNO3S/c13-10-4-1-3-9(7-10)12(15)14-11-5-2-6-18(16,17)8-11/h1,3-4,7,11H,2,5-6,8H2,(H,14,15)/t11-/m1/s1. The molecule has 0 saturated carbocycles. The monoisotopic (exact) mass is 331 g/mol. The van der Waals surface area contributed by atoms with Crippen molar-refractivity contribution in [3.63, 3.8) is 0 Å². The molecule has 0 aromatic heterocycles. The van der Waals surface area contributed by atoms with E-state index in [2.05, 4.69) is 21.2 Å². The maximum Gasteiger partial charge on any atom is 0.251 e. The van der Waals surface area contributed by atoms with Gasteiger partial charge in [0.1, 0.15) is 0 Å². The van der Waals surface area contributed by atoms with Crippen LogP contribution in [0, 0.1) is 0 Å². The molecule has 0 unspecified atom stereocenters. The summed E-state index contributed by atoms with van der Waals surface area (Å²) in [4.78, 5) is 11.9. The molecule has 98 valence electrons. The number of carbonyl (C=O) groups is 1. The summed E-state index contributed by atoms with van der Waals surface area (Å²) >= 11 is 3.30. The third kappa shape index (κ3) is 3.55. The van der Waals surface area contributed by atoms with E-state index in [4.69, 9.17) is 0 Å². The Labute approximate surface area is 115 Å². The van der Waals surface area contributed by atoms with Crippen LogP contribution < -0.4 is 5.32 Å². The number of hydrogen-bond acceptors (Lipinski definition) is 3. The summed E-state index contributed by atoms with van der Waals surface area (Å²) in [5, 5.41) is 2.78. The Hall–Kier alpha value is -0.880. The van der Waals surface area contributed by atoms with Gasteiger partial charge in [0.05, 0.1) is 11.5 Å². The van der Waals surface area contributed by atoms with E-state index < -0.39 is 9.84 Å². The van der Waals surface area contributed by atoms with E-state index in [0.29, 0.717) is 12.0 Å². The number of rotatable bonds is 2. The first kappa shape index (κ1) is 13.5. The number of carbonyl (C=O) groups excluding carboxylic acids is 1. The summed E-state index contributed by atoms with van der Waals surface area (Å²) in [5.41, 5.74) is 0.535. The van der Waals surface area contributed by atoms with Gasteiger partial charge in [-0.25, -0.2) is 8.42 Å². The summed E-state index contributed by atoms with van der Waals surface area (Å²) in [6, 6.07) is 6.76. The molecule has 0 aliphatic carbocycles. The fourth-order valence-corrected chi connectivity index (χ4v) is 4.07. The van der Waals surface area contributed by atoms with Crippen molar-refractivity contribution in [1.29, 1.82) is 0 Å². The average Bonchev–Trinajstić information content (AvgIpc) is 2.27. The lowest BCUT2D eigenvalue weighted by Gasteiger charge is -2.23. The van der Waals surface area contributed by atoms with Crippen molar-refractivity contribution in [3.8, 4) is 0 Å². The smallest absolute Gasteiger partial charge is 0.251 e. The van der Waals surface area contributed by atoms with Crippen LogP contribution in [0.1, 0.15) is 23.2 Å². The Kier molecular flexibility index (Phi) is 4.07. The molecule has 1 atom stereocenters. The molecule has 1 heterocycles. The minimum absolute atomic E-state index is 0.0484. The third-order valence-electron chi connectivity index (χ3n) is 2.89. The molecule has 6 heteroatoms. The van der Waals surface area contributed by atoms with Gasteiger partial charge in [-0.3, -0.25) is 4.79 Å². The second kappa shape index (κ2) is 5.40. The summed E-state index contributed by atoms with van der Waals surface area (Å²) in [6.07, 6.45) is 1.34. The van der Waals surface area contributed by atoms with Gasteiger partial charge in [-0.05, 0) is 31.0 Å². The van der Waals surface area contributed by atoms with Crippen molar-refractivity contribution >= 4 is 31.7 Å². The van der Waals surface area contributed by atoms with Gasteiger partial charge < -0.3 is 5.32 Å². The molecule has 18 heavy (non-hydrogen) atoms. The lowest BCUT2D eigenvalue weighted by molar-refractivity contribution is 0.0938. The molecule has 1 aromatic carbocycles. The Morgan fingerprint density at radius 1 is 1.39 bits per heavy atom. The molecule has 4 nitrogen and oxygen atoms in total. The highest BCUT2D eigenvalue weighted by atomic mass is 79.9. The third-order valence-corrected chi connectivity index (χ3v) is 5.20. The van der Waals surface area contributed by atoms with E-state index in [1.807, 2.05) is 6.07 Å². The van der Waals surface area contributed by atoms with Gasteiger partial charge in [0.15, 0.2) is 9.84 Å². The Morgan fingerprint density at radius 3 is 2.83 bits per heavy atom. The SMILES string of the molecule is O=C(N[C@@H]1CCCS(=O)(=O)C1)c1cccc(Br)c1. The molecule has 1 aromatic rings. The van der Waals surface area contributed by atoms with Crippen molar-refractivity contribution in [2.24, 2.45) is 0 Å². The molecule has 2 rings (SSSR count). The van der Waals surface area contributed by atoms with Crippen LogP contribution in [0.4, 0.5) is 0 Å². The second-order valence-corrected chi connectivity index (χ2v) is 7.58. The van der Waals surface area contributed by atoms with E-state index in [-0.39, 0.29) is 23.5 Å². The number of halogens is 1. The first-order valence-electron chi connectivity index (χ1n) is 5.73.